The Kier molecular flexibility index (Phi) is 37.6. The van der Waals surface area contributed by atoms with Gasteiger partial charge in [0.1, 0.15) is 6.10 Å². The molecule has 0 fully saturated rings. The van der Waals surface area contributed by atoms with E-state index in [0.29, 0.717) is 12.8 Å². The molecule has 0 aromatic carbocycles. The van der Waals surface area contributed by atoms with E-state index in [1.165, 1.54) is 122 Å². The van der Waals surface area contributed by atoms with Gasteiger partial charge in [0.05, 0.1) is 0 Å². The molecule has 0 aromatic heterocycles. The van der Waals surface area contributed by atoms with Crippen molar-refractivity contribution >= 4 is 11.9 Å². The number of ether oxygens (including phenoxy) is 1. The largest absolute Gasteiger partial charge is 0.481 e. The van der Waals surface area contributed by atoms with Crippen molar-refractivity contribution in [2.24, 2.45) is 0 Å². The van der Waals surface area contributed by atoms with Gasteiger partial charge in [0.2, 0.25) is 0 Å². The fourth-order valence-electron chi connectivity index (χ4n) is 6.00. The number of esters is 1. The summed E-state index contributed by atoms with van der Waals surface area (Å²) in [7, 11) is 0. The van der Waals surface area contributed by atoms with E-state index in [-0.39, 0.29) is 12.1 Å². The van der Waals surface area contributed by atoms with E-state index < -0.39 is 5.97 Å². The zero-order valence-corrected chi connectivity index (χ0v) is 31.8. The van der Waals surface area contributed by atoms with Gasteiger partial charge in [-0.25, -0.2) is 0 Å². The quantitative estimate of drug-likeness (QED) is 0.0406. The maximum absolute atomic E-state index is 12.6. The van der Waals surface area contributed by atoms with Crippen molar-refractivity contribution in [1.82, 2.24) is 0 Å². The maximum atomic E-state index is 12.6. The fourth-order valence-corrected chi connectivity index (χ4v) is 6.00. The smallest absolute Gasteiger partial charge is 0.306 e. The monoisotopic (exact) mass is 671 g/mol. The summed E-state index contributed by atoms with van der Waals surface area (Å²) in [5.41, 5.74) is 0. The summed E-state index contributed by atoms with van der Waals surface area (Å²) >= 11 is 0. The predicted molar refractivity (Wildman–Crippen MR) is 209 cm³/mol. The van der Waals surface area contributed by atoms with Gasteiger partial charge in [-0.05, 0) is 77.0 Å². The molecule has 0 aliphatic rings. The summed E-state index contributed by atoms with van der Waals surface area (Å²) in [6.07, 6.45) is 53.0. The van der Waals surface area contributed by atoms with Crippen molar-refractivity contribution in [2.75, 3.05) is 0 Å². The molecule has 0 saturated carbocycles. The molecule has 0 rings (SSSR count). The molecule has 278 valence electrons. The molecule has 1 N–H and O–H groups in total. The summed E-state index contributed by atoms with van der Waals surface area (Å²) in [5.74, 6) is -0.680. The Labute approximate surface area is 298 Å². The summed E-state index contributed by atoms with van der Waals surface area (Å²) in [5, 5.41) is 8.69. The maximum Gasteiger partial charge on any atom is 0.306 e. The van der Waals surface area contributed by atoms with Crippen LogP contribution >= 0.6 is 0 Å². The highest BCUT2D eigenvalue weighted by Gasteiger charge is 2.14. The molecule has 1 atom stereocenters. The fraction of sp³-hybridized carbons (Fsp3) is 0.773. The van der Waals surface area contributed by atoms with Gasteiger partial charge in [0.25, 0.3) is 0 Å². The third-order valence-electron chi connectivity index (χ3n) is 9.05. The first-order chi connectivity index (χ1) is 23.6. The number of rotatable bonds is 37. The minimum Gasteiger partial charge on any atom is -0.481 e. The number of allylic oxidation sites excluding steroid dienone is 8. The second-order valence-electron chi connectivity index (χ2n) is 13.8. The van der Waals surface area contributed by atoms with Crippen LogP contribution in [0.1, 0.15) is 213 Å². The molecular weight excluding hydrogens is 592 g/mol. The van der Waals surface area contributed by atoms with Crippen LogP contribution in [0.3, 0.4) is 0 Å². The third-order valence-corrected chi connectivity index (χ3v) is 9.05. The summed E-state index contributed by atoms with van der Waals surface area (Å²) in [6, 6.07) is 0. The van der Waals surface area contributed by atoms with Crippen LogP contribution in [-0.4, -0.2) is 23.1 Å². The number of carboxylic acids is 1. The lowest BCUT2D eigenvalue weighted by atomic mass is 10.0. The first-order valence-electron chi connectivity index (χ1n) is 20.6. The molecule has 0 heterocycles. The molecule has 0 bridgehead atoms. The van der Waals surface area contributed by atoms with Crippen LogP contribution in [-0.2, 0) is 14.3 Å². The van der Waals surface area contributed by atoms with E-state index >= 15 is 0 Å². The van der Waals surface area contributed by atoms with E-state index in [1.54, 1.807) is 0 Å². The molecule has 0 aliphatic carbocycles. The Morgan fingerprint density at radius 3 is 1.29 bits per heavy atom. The molecule has 0 amide bonds. The Bertz CT molecular complexity index is 809. The Morgan fingerprint density at radius 2 is 0.833 bits per heavy atom. The van der Waals surface area contributed by atoms with Gasteiger partial charge in [-0.1, -0.05) is 172 Å². The summed E-state index contributed by atoms with van der Waals surface area (Å²) in [4.78, 5) is 23.2. The van der Waals surface area contributed by atoms with E-state index in [2.05, 4.69) is 62.5 Å². The summed E-state index contributed by atoms with van der Waals surface area (Å²) in [6.45, 7) is 4.50. The van der Waals surface area contributed by atoms with Crippen LogP contribution in [0.2, 0.25) is 0 Å². The second kappa shape index (κ2) is 39.3. The first-order valence-corrected chi connectivity index (χ1v) is 20.6. The van der Waals surface area contributed by atoms with Crippen LogP contribution < -0.4 is 0 Å². The van der Waals surface area contributed by atoms with Crippen LogP contribution in [0.4, 0.5) is 0 Å². The number of aliphatic carboxylic acids is 1. The average Bonchev–Trinajstić information content (AvgIpc) is 3.07. The molecule has 48 heavy (non-hydrogen) atoms. The lowest BCUT2D eigenvalue weighted by Crippen LogP contribution is -2.18. The van der Waals surface area contributed by atoms with Gasteiger partial charge in [-0.15, -0.1) is 0 Å². The van der Waals surface area contributed by atoms with Crippen LogP contribution in [0.25, 0.3) is 0 Å². The minimum absolute atomic E-state index is 0.00953. The minimum atomic E-state index is -0.670. The van der Waals surface area contributed by atoms with Crippen molar-refractivity contribution in [2.45, 2.75) is 219 Å². The first kappa shape index (κ1) is 45.9. The Balaban J connectivity index is 3.98. The van der Waals surface area contributed by atoms with Crippen molar-refractivity contribution in [3.8, 4) is 0 Å². The van der Waals surface area contributed by atoms with E-state index in [9.17, 15) is 9.59 Å². The van der Waals surface area contributed by atoms with Gasteiger partial charge in [-0.3, -0.25) is 9.59 Å². The number of hydrogen-bond acceptors (Lipinski definition) is 3. The van der Waals surface area contributed by atoms with Crippen LogP contribution in [0.15, 0.2) is 48.6 Å². The van der Waals surface area contributed by atoms with Crippen LogP contribution in [0, 0.1) is 0 Å². The van der Waals surface area contributed by atoms with Crippen molar-refractivity contribution in [3.63, 3.8) is 0 Å². The highest BCUT2D eigenvalue weighted by Crippen LogP contribution is 2.18. The molecule has 0 saturated heterocycles. The predicted octanol–water partition coefficient (Wildman–Crippen LogP) is 14.3. The Morgan fingerprint density at radius 1 is 0.458 bits per heavy atom. The molecule has 0 aliphatic heterocycles. The molecule has 0 spiro atoms. The molecular formula is C44H78O4. The molecule has 0 aromatic rings. The van der Waals surface area contributed by atoms with Crippen molar-refractivity contribution < 1.29 is 19.4 Å². The average molecular weight is 671 g/mol. The lowest BCUT2D eigenvalue weighted by molar-refractivity contribution is -0.150. The Hall–Kier alpha value is -2.10. The number of carbonyl (C=O) groups excluding carboxylic acids is 1. The topological polar surface area (TPSA) is 63.6 Å². The highest BCUT2D eigenvalue weighted by atomic mass is 16.5. The highest BCUT2D eigenvalue weighted by molar-refractivity contribution is 5.69. The van der Waals surface area contributed by atoms with Gasteiger partial charge in [0.15, 0.2) is 0 Å². The number of carbonyl (C=O) groups is 2. The lowest BCUT2D eigenvalue weighted by Gasteiger charge is -2.18. The van der Waals surface area contributed by atoms with Crippen LogP contribution in [0.5, 0.6) is 0 Å². The molecule has 0 radical (unpaired) electrons. The van der Waals surface area contributed by atoms with Gasteiger partial charge in [0, 0.05) is 12.8 Å². The van der Waals surface area contributed by atoms with Gasteiger partial charge in [-0.2, -0.15) is 0 Å². The third kappa shape index (κ3) is 38.3. The zero-order chi connectivity index (χ0) is 35.0. The second-order valence-corrected chi connectivity index (χ2v) is 13.8. The van der Waals surface area contributed by atoms with E-state index in [0.717, 1.165) is 64.2 Å². The SMILES string of the molecule is CCCCC/C=C\C/C=C\C/C=C\C/C=C\CCCC(=O)OC(CCCCCCC)CCCCCCCCCCCCCCCC(=O)O. The number of carboxylic acid groups (broad SMARTS) is 1. The van der Waals surface area contributed by atoms with Crippen molar-refractivity contribution in [3.05, 3.63) is 48.6 Å². The zero-order valence-electron chi connectivity index (χ0n) is 31.8. The molecule has 4 nitrogen and oxygen atoms in total. The number of hydrogen-bond donors (Lipinski definition) is 1. The van der Waals surface area contributed by atoms with E-state index in [4.69, 9.17) is 9.84 Å². The van der Waals surface area contributed by atoms with E-state index in [1.807, 2.05) is 0 Å². The normalized spacial score (nSPS) is 12.7. The van der Waals surface area contributed by atoms with Crippen molar-refractivity contribution in [1.29, 1.82) is 0 Å². The van der Waals surface area contributed by atoms with Gasteiger partial charge >= 0.3 is 11.9 Å². The molecule has 4 heteroatoms. The standard InChI is InChI=1S/C44H78O4/c1-3-5-7-9-10-11-12-13-14-15-16-20-23-26-29-33-37-41-44(47)48-42(38-34-30-8-6-4-2)39-35-31-27-24-21-18-17-19-22-25-28-32-36-40-43(45)46/h10-11,13-14,16,20,26,29,42H,3-9,12,15,17-19,21-25,27-28,30-41H2,1-2H3,(H,45,46)/b11-10-,14-13-,20-16-,29-26-. The number of unbranched alkanes of at least 4 members (excludes halogenated alkanes) is 20. The molecule has 1 unspecified atom stereocenters. The van der Waals surface area contributed by atoms with Gasteiger partial charge < -0.3 is 9.84 Å². The summed E-state index contributed by atoms with van der Waals surface area (Å²) < 4.78 is 6.00.